The molecule has 1 N–H and O–H groups in total. The van der Waals surface area contributed by atoms with Gasteiger partial charge in [0.05, 0.1) is 18.6 Å². The number of allylic oxidation sites excluding steroid dienone is 1. The highest BCUT2D eigenvalue weighted by atomic mass is 32.2. The van der Waals surface area contributed by atoms with Gasteiger partial charge in [0.2, 0.25) is 5.91 Å². The van der Waals surface area contributed by atoms with Crippen LogP contribution in [0.15, 0.2) is 71.2 Å². The number of nitrogens with zero attached hydrogens (tertiary/aromatic N) is 3. The van der Waals surface area contributed by atoms with Crippen molar-refractivity contribution >= 4 is 35.1 Å². The van der Waals surface area contributed by atoms with Crippen LogP contribution in [0.2, 0.25) is 0 Å². The maximum atomic E-state index is 12.5. The Morgan fingerprint density at radius 3 is 2.62 bits per heavy atom. The first-order valence-corrected chi connectivity index (χ1v) is 12.2. The fourth-order valence-corrected chi connectivity index (χ4v) is 4.34. The number of hydrogen-bond donors (Lipinski definition) is 1. The third-order valence-electron chi connectivity index (χ3n) is 4.51. The molecule has 3 rings (SSSR count). The summed E-state index contributed by atoms with van der Waals surface area (Å²) in [6.45, 7) is 6.23. The Morgan fingerprint density at radius 2 is 1.91 bits per heavy atom. The number of rotatable bonds is 11. The number of benzene rings is 2. The molecule has 0 aliphatic carbocycles. The van der Waals surface area contributed by atoms with Crippen molar-refractivity contribution in [2.24, 2.45) is 0 Å². The Labute approximate surface area is 196 Å². The van der Waals surface area contributed by atoms with E-state index < -0.39 is 0 Å². The van der Waals surface area contributed by atoms with Crippen molar-refractivity contribution in [3.63, 3.8) is 0 Å². The van der Waals surface area contributed by atoms with E-state index in [-0.39, 0.29) is 17.8 Å². The highest BCUT2D eigenvalue weighted by Gasteiger charge is 2.21. The lowest BCUT2D eigenvalue weighted by Gasteiger charge is -2.17. The van der Waals surface area contributed by atoms with Gasteiger partial charge in [-0.25, -0.2) is 0 Å². The van der Waals surface area contributed by atoms with E-state index in [0.717, 1.165) is 10.6 Å². The zero-order valence-electron chi connectivity index (χ0n) is 18.3. The number of hydrogen-bond acceptors (Lipinski definition) is 7. The average molecular weight is 471 g/mol. The Hall–Kier alpha value is -2.91. The summed E-state index contributed by atoms with van der Waals surface area (Å²) in [5, 5.41) is 12.2. The number of amides is 1. The van der Waals surface area contributed by atoms with Crippen molar-refractivity contribution in [2.75, 3.05) is 24.4 Å². The molecule has 0 aliphatic heterocycles. The molecule has 1 aromatic heterocycles. The normalized spacial score (nSPS) is 11.6. The number of ether oxygens (including phenoxy) is 2. The number of nitrogens with one attached hydrogen (secondary N) is 1. The van der Waals surface area contributed by atoms with Gasteiger partial charge in [-0.15, -0.1) is 28.5 Å². The molecule has 1 unspecified atom stereocenters. The molecule has 1 amide bonds. The monoisotopic (exact) mass is 470 g/mol. The molecule has 0 radical (unpaired) electrons. The molecule has 9 heteroatoms. The molecule has 1 heterocycles. The van der Waals surface area contributed by atoms with E-state index in [1.165, 1.54) is 11.8 Å². The molecule has 2 aromatic carbocycles. The number of carbonyl (C=O) groups is 1. The van der Waals surface area contributed by atoms with Gasteiger partial charge < -0.3 is 14.8 Å². The van der Waals surface area contributed by atoms with Crippen molar-refractivity contribution < 1.29 is 14.3 Å². The van der Waals surface area contributed by atoms with Gasteiger partial charge in [-0.05, 0) is 37.4 Å². The zero-order valence-corrected chi connectivity index (χ0v) is 19.9. The quantitative estimate of drug-likeness (QED) is 0.310. The summed E-state index contributed by atoms with van der Waals surface area (Å²) < 4.78 is 13.3. The number of para-hydroxylation sites is 3. The predicted octanol–water partition coefficient (Wildman–Crippen LogP) is 5.07. The number of thioether (sulfide) groups is 2. The molecule has 0 saturated heterocycles. The van der Waals surface area contributed by atoms with Crippen LogP contribution in [0.4, 0.5) is 5.69 Å². The van der Waals surface area contributed by atoms with E-state index in [2.05, 4.69) is 22.1 Å². The van der Waals surface area contributed by atoms with Gasteiger partial charge in [0, 0.05) is 11.4 Å². The summed E-state index contributed by atoms with van der Waals surface area (Å²) in [4.78, 5) is 13.5. The Morgan fingerprint density at radius 1 is 1.19 bits per heavy atom. The second-order valence-electron chi connectivity index (χ2n) is 6.69. The molecule has 168 valence electrons. The minimum absolute atomic E-state index is 0.107. The molecule has 0 spiro atoms. The fraction of sp³-hybridized carbons (Fsp3) is 0.261. The van der Waals surface area contributed by atoms with Crippen molar-refractivity contribution in [2.45, 2.75) is 29.6 Å². The second kappa shape index (κ2) is 11.6. The van der Waals surface area contributed by atoms with Crippen LogP contribution in [0, 0.1) is 0 Å². The van der Waals surface area contributed by atoms with Crippen LogP contribution in [0.25, 0.3) is 0 Å². The van der Waals surface area contributed by atoms with Gasteiger partial charge >= 0.3 is 0 Å². The van der Waals surface area contributed by atoms with E-state index in [4.69, 9.17) is 9.47 Å². The van der Waals surface area contributed by atoms with Crippen LogP contribution >= 0.6 is 23.5 Å². The van der Waals surface area contributed by atoms with Crippen LogP contribution in [-0.2, 0) is 11.3 Å². The predicted molar refractivity (Wildman–Crippen MR) is 130 cm³/mol. The van der Waals surface area contributed by atoms with Gasteiger partial charge in [0.25, 0.3) is 0 Å². The number of methoxy groups -OCH3 is 1. The molecular formula is C23H26N4O3S2. The first-order valence-electron chi connectivity index (χ1n) is 9.96. The van der Waals surface area contributed by atoms with Crippen LogP contribution in [0.3, 0.4) is 0 Å². The summed E-state index contributed by atoms with van der Waals surface area (Å²) in [6.07, 6.45) is 3.37. The summed E-state index contributed by atoms with van der Waals surface area (Å²) >= 11 is 2.91. The molecule has 0 saturated carbocycles. The SMILES string of the molecule is C=CCn1c(SCC(=O)Nc2ccccc2SC)nnc1C(C)Oc1ccccc1OC. The summed E-state index contributed by atoms with van der Waals surface area (Å²) in [7, 11) is 1.60. The van der Waals surface area contributed by atoms with E-state index in [1.54, 1.807) is 24.9 Å². The Kier molecular flexibility index (Phi) is 8.64. The molecule has 1 atom stereocenters. The molecular weight excluding hydrogens is 444 g/mol. The molecule has 32 heavy (non-hydrogen) atoms. The Balaban J connectivity index is 1.70. The average Bonchev–Trinajstić information content (AvgIpc) is 3.21. The molecule has 3 aromatic rings. The third-order valence-corrected chi connectivity index (χ3v) is 6.27. The summed E-state index contributed by atoms with van der Waals surface area (Å²) in [5.41, 5.74) is 0.803. The number of carbonyl (C=O) groups excluding carboxylic acids is 1. The fourth-order valence-electron chi connectivity index (χ4n) is 3.03. The molecule has 7 nitrogen and oxygen atoms in total. The highest BCUT2D eigenvalue weighted by molar-refractivity contribution is 7.99. The van der Waals surface area contributed by atoms with Gasteiger partial charge in [0.15, 0.2) is 28.6 Å². The van der Waals surface area contributed by atoms with Crippen LogP contribution in [0.5, 0.6) is 11.5 Å². The topological polar surface area (TPSA) is 78.3 Å². The highest BCUT2D eigenvalue weighted by Crippen LogP contribution is 2.31. The van der Waals surface area contributed by atoms with Gasteiger partial charge in [0.1, 0.15) is 0 Å². The maximum absolute atomic E-state index is 12.5. The van der Waals surface area contributed by atoms with Gasteiger partial charge in [-0.2, -0.15) is 0 Å². The lowest BCUT2D eigenvalue weighted by molar-refractivity contribution is -0.113. The maximum Gasteiger partial charge on any atom is 0.234 e. The van der Waals surface area contributed by atoms with E-state index in [0.29, 0.717) is 29.0 Å². The second-order valence-corrected chi connectivity index (χ2v) is 8.48. The van der Waals surface area contributed by atoms with Crippen molar-refractivity contribution in [3.05, 3.63) is 67.0 Å². The summed E-state index contributed by atoms with van der Waals surface area (Å²) in [6, 6.07) is 15.2. The largest absolute Gasteiger partial charge is 0.493 e. The van der Waals surface area contributed by atoms with Crippen LogP contribution in [0.1, 0.15) is 18.9 Å². The van der Waals surface area contributed by atoms with E-state index in [1.807, 2.05) is 66.3 Å². The van der Waals surface area contributed by atoms with Gasteiger partial charge in [-0.3, -0.25) is 9.36 Å². The molecule has 0 fully saturated rings. The minimum Gasteiger partial charge on any atom is -0.493 e. The van der Waals surface area contributed by atoms with E-state index >= 15 is 0 Å². The van der Waals surface area contributed by atoms with Crippen molar-refractivity contribution in [3.8, 4) is 11.5 Å². The van der Waals surface area contributed by atoms with Crippen molar-refractivity contribution in [1.29, 1.82) is 0 Å². The Bertz CT molecular complexity index is 1070. The van der Waals surface area contributed by atoms with Crippen LogP contribution < -0.4 is 14.8 Å². The first kappa shape index (κ1) is 23.7. The lowest BCUT2D eigenvalue weighted by atomic mass is 10.3. The number of anilines is 1. The number of aromatic nitrogens is 3. The molecule has 0 bridgehead atoms. The first-order chi connectivity index (χ1) is 15.6. The smallest absolute Gasteiger partial charge is 0.234 e. The molecule has 0 aliphatic rings. The zero-order chi connectivity index (χ0) is 22.9. The van der Waals surface area contributed by atoms with Crippen molar-refractivity contribution in [1.82, 2.24) is 14.8 Å². The van der Waals surface area contributed by atoms with Crippen LogP contribution in [-0.4, -0.2) is 39.8 Å². The lowest BCUT2D eigenvalue weighted by Crippen LogP contribution is -2.16. The minimum atomic E-state index is -0.379. The third kappa shape index (κ3) is 5.86. The van der Waals surface area contributed by atoms with Gasteiger partial charge in [-0.1, -0.05) is 42.1 Å². The standard InChI is InChI=1S/C23H26N4O3S2/c1-5-14-27-22(16(2)30-19-12-8-7-11-18(19)29-3)25-26-23(27)32-15-21(28)24-17-10-6-9-13-20(17)31-4/h5-13,16H,1,14-15H2,2-4H3,(H,24,28). The van der Waals surface area contributed by atoms with E-state index in [9.17, 15) is 4.79 Å². The summed E-state index contributed by atoms with van der Waals surface area (Å²) in [5.74, 6) is 2.01.